The van der Waals surface area contributed by atoms with E-state index >= 15 is 0 Å². The van der Waals surface area contributed by atoms with Crippen molar-refractivity contribution in [1.82, 2.24) is 20.6 Å². The second-order valence-corrected chi connectivity index (χ2v) is 5.03. The average Bonchev–Trinajstić information content (AvgIpc) is 2.85. The van der Waals surface area contributed by atoms with Crippen molar-refractivity contribution < 1.29 is 27.9 Å². The molecule has 0 spiro atoms. The number of aliphatic carboxylic acids is 1. The lowest BCUT2D eigenvalue weighted by molar-refractivity contribution is -0.139. The van der Waals surface area contributed by atoms with Crippen molar-refractivity contribution in [3.05, 3.63) is 18.2 Å². The molecule has 7 nitrogen and oxygen atoms in total. The molecule has 0 saturated heterocycles. The molecule has 2 amide bonds. The van der Waals surface area contributed by atoms with Crippen LogP contribution >= 0.6 is 11.8 Å². The van der Waals surface area contributed by atoms with E-state index in [1.807, 2.05) is 0 Å². The van der Waals surface area contributed by atoms with Gasteiger partial charge >= 0.3 is 17.5 Å². The van der Waals surface area contributed by atoms with Crippen LogP contribution in [-0.2, 0) is 11.2 Å². The van der Waals surface area contributed by atoms with Crippen LogP contribution in [0.2, 0.25) is 0 Å². The summed E-state index contributed by atoms with van der Waals surface area (Å²) in [7, 11) is 0. The van der Waals surface area contributed by atoms with Gasteiger partial charge in [-0.3, -0.25) is 0 Å². The van der Waals surface area contributed by atoms with Crippen LogP contribution in [0.5, 0.6) is 0 Å². The Morgan fingerprint density at radius 1 is 1.48 bits per heavy atom. The van der Waals surface area contributed by atoms with Crippen molar-refractivity contribution in [2.75, 3.05) is 12.3 Å². The summed E-state index contributed by atoms with van der Waals surface area (Å²) in [5, 5.41) is 13.3. The van der Waals surface area contributed by atoms with E-state index in [1.54, 1.807) is 0 Å². The predicted octanol–water partition coefficient (Wildman–Crippen LogP) is 0.958. The lowest BCUT2D eigenvalue weighted by atomic mass is 10.2. The van der Waals surface area contributed by atoms with Crippen LogP contribution in [0, 0.1) is 0 Å². The molecule has 1 aromatic heterocycles. The molecular formula is C10H13F3N4O3S. The van der Waals surface area contributed by atoms with Crippen molar-refractivity contribution in [2.45, 2.75) is 18.0 Å². The maximum Gasteiger partial charge on any atom is 0.441 e. The Morgan fingerprint density at radius 2 is 2.19 bits per heavy atom. The molecule has 0 unspecified atom stereocenters. The third-order valence-corrected chi connectivity index (χ3v) is 2.97. The number of nitrogens with zero attached hydrogens (tertiary/aromatic N) is 1. The number of nitrogens with one attached hydrogen (secondary N) is 3. The number of urea groups is 1. The highest BCUT2D eigenvalue weighted by Gasteiger charge is 2.27. The molecule has 118 valence electrons. The molecule has 0 aliphatic heterocycles. The molecular weight excluding hydrogens is 313 g/mol. The number of halogens is 3. The smallest absolute Gasteiger partial charge is 0.441 e. The first kappa shape index (κ1) is 17.1. The molecule has 21 heavy (non-hydrogen) atoms. The summed E-state index contributed by atoms with van der Waals surface area (Å²) in [6, 6.07) is -2.05. The molecule has 1 rings (SSSR count). The van der Waals surface area contributed by atoms with Crippen LogP contribution in [0.3, 0.4) is 0 Å². The first-order valence-electron chi connectivity index (χ1n) is 5.73. The van der Waals surface area contributed by atoms with E-state index in [0.29, 0.717) is 5.69 Å². The van der Waals surface area contributed by atoms with Gasteiger partial charge in [-0.05, 0) is 11.8 Å². The van der Waals surface area contributed by atoms with Crippen molar-refractivity contribution in [3.63, 3.8) is 0 Å². The third kappa shape index (κ3) is 7.44. The van der Waals surface area contributed by atoms with E-state index in [9.17, 15) is 22.8 Å². The van der Waals surface area contributed by atoms with E-state index in [4.69, 9.17) is 5.11 Å². The van der Waals surface area contributed by atoms with Crippen LogP contribution in [0.4, 0.5) is 18.0 Å². The fourth-order valence-corrected chi connectivity index (χ4v) is 1.79. The molecule has 4 N–H and O–H groups in total. The number of amides is 2. The monoisotopic (exact) mass is 326 g/mol. The Kier molecular flexibility index (Phi) is 6.34. The van der Waals surface area contributed by atoms with Gasteiger partial charge in [0.25, 0.3) is 0 Å². The number of H-pyrrole nitrogens is 1. The summed E-state index contributed by atoms with van der Waals surface area (Å²) >= 11 is -0.268. The number of hydrogen-bond donors (Lipinski definition) is 4. The molecule has 11 heteroatoms. The number of carbonyl (C=O) groups is 2. The van der Waals surface area contributed by atoms with E-state index < -0.39 is 23.6 Å². The van der Waals surface area contributed by atoms with Crippen LogP contribution in [0.1, 0.15) is 5.69 Å². The number of carboxylic acid groups (broad SMARTS) is 1. The predicted molar refractivity (Wildman–Crippen MR) is 68.8 cm³/mol. The molecule has 0 fully saturated rings. The van der Waals surface area contributed by atoms with Crippen LogP contribution in [0.25, 0.3) is 0 Å². The first-order chi connectivity index (χ1) is 9.78. The van der Waals surface area contributed by atoms with Crippen LogP contribution < -0.4 is 10.6 Å². The highest BCUT2D eigenvalue weighted by atomic mass is 32.2. The maximum atomic E-state index is 11.9. The SMILES string of the molecule is O=C(NCCSC(F)(F)F)N[C@H](Cc1cnc[nH]1)C(=O)O. The summed E-state index contributed by atoms with van der Waals surface area (Å²) in [4.78, 5) is 28.8. The Morgan fingerprint density at radius 3 is 2.71 bits per heavy atom. The molecule has 1 atom stereocenters. The van der Waals surface area contributed by atoms with Gasteiger partial charge < -0.3 is 20.7 Å². The lowest BCUT2D eigenvalue weighted by Gasteiger charge is -2.14. The zero-order valence-corrected chi connectivity index (χ0v) is 11.4. The number of rotatable bonds is 7. The van der Waals surface area contributed by atoms with Gasteiger partial charge in [-0.2, -0.15) is 13.2 Å². The summed E-state index contributed by atoms with van der Waals surface area (Å²) < 4.78 is 35.6. The Bertz CT molecular complexity index is 467. The van der Waals surface area contributed by atoms with Crippen LogP contribution in [-0.4, -0.2) is 50.9 Å². The minimum Gasteiger partial charge on any atom is -0.480 e. The average molecular weight is 326 g/mol. The molecule has 0 bridgehead atoms. The molecule has 0 aromatic carbocycles. The van der Waals surface area contributed by atoms with E-state index in [1.165, 1.54) is 12.5 Å². The van der Waals surface area contributed by atoms with Gasteiger partial charge in [0, 0.05) is 30.6 Å². The van der Waals surface area contributed by atoms with Crippen molar-refractivity contribution in [3.8, 4) is 0 Å². The maximum absolute atomic E-state index is 11.9. The summed E-state index contributed by atoms with van der Waals surface area (Å²) in [6.07, 6.45) is 2.76. The molecule has 0 aliphatic rings. The third-order valence-electron chi connectivity index (χ3n) is 2.24. The number of hydrogen-bond acceptors (Lipinski definition) is 4. The number of imidazole rings is 1. The quantitative estimate of drug-likeness (QED) is 0.558. The zero-order valence-electron chi connectivity index (χ0n) is 10.6. The Labute approximate surface area is 121 Å². The molecule has 0 radical (unpaired) electrons. The van der Waals surface area contributed by atoms with Crippen LogP contribution in [0.15, 0.2) is 12.5 Å². The van der Waals surface area contributed by atoms with E-state index in [-0.39, 0.29) is 30.5 Å². The highest BCUT2D eigenvalue weighted by Crippen LogP contribution is 2.29. The topological polar surface area (TPSA) is 107 Å². The standard InChI is InChI=1S/C10H13F3N4O3S/c11-10(12,13)21-2-1-15-9(20)17-7(8(18)19)3-6-4-14-5-16-6/h4-5,7H,1-3H2,(H,14,16)(H,18,19)(H2,15,17,20)/t7-/m1/s1. The van der Waals surface area contributed by atoms with E-state index in [2.05, 4.69) is 20.6 Å². The highest BCUT2D eigenvalue weighted by molar-refractivity contribution is 8.00. The minimum absolute atomic E-state index is 0.0138. The normalized spacial score (nSPS) is 12.7. The zero-order chi connectivity index (χ0) is 15.9. The number of aromatic nitrogens is 2. The van der Waals surface area contributed by atoms with Gasteiger partial charge in [0.1, 0.15) is 6.04 Å². The molecule has 1 heterocycles. The summed E-state index contributed by atoms with van der Waals surface area (Å²) in [6.45, 7) is -0.230. The van der Waals surface area contributed by atoms with E-state index in [0.717, 1.165) is 0 Å². The molecule has 0 saturated carbocycles. The van der Waals surface area contributed by atoms with Crippen molar-refractivity contribution in [1.29, 1.82) is 0 Å². The number of carboxylic acids is 1. The molecule has 1 aromatic rings. The van der Waals surface area contributed by atoms with Crippen molar-refractivity contribution >= 4 is 23.8 Å². The fraction of sp³-hybridized carbons (Fsp3) is 0.500. The number of aromatic amines is 1. The largest absolute Gasteiger partial charge is 0.480 e. The van der Waals surface area contributed by atoms with Gasteiger partial charge in [0.2, 0.25) is 0 Å². The Hall–Kier alpha value is -1.91. The molecule has 0 aliphatic carbocycles. The van der Waals surface area contributed by atoms with Gasteiger partial charge in [-0.1, -0.05) is 0 Å². The second kappa shape index (κ2) is 7.76. The van der Waals surface area contributed by atoms with Crippen molar-refractivity contribution in [2.24, 2.45) is 0 Å². The fourth-order valence-electron chi connectivity index (χ4n) is 1.36. The summed E-state index contributed by atoms with van der Waals surface area (Å²) in [5.41, 5.74) is -3.85. The Balaban J connectivity index is 2.34. The minimum atomic E-state index is -4.36. The number of thioether (sulfide) groups is 1. The van der Waals surface area contributed by atoms with Gasteiger partial charge in [-0.25, -0.2) is 14.6 Å². The number of carbonyl (C=O) groups excluding carboxylic acids is 1. The summed E-state index contributed by atoms with van der Waals surface area (Å²) in [5.74, 6) is -1.61. The number of alkyl halides is 3. The van der Waals surface area contributed by atoms with Gasteiger partial charge in [-0.15, -0.1) is 0 Å². The lowest BCUT2D eigenvalue weighted by Crippen LogP contribution is -2.47. The van der Waals surface area contributed by atoms with Gasteiger partial charge in [0.15, 0.2) is 0 Å². The van der Waals surface area contributed by atoms with Gasteiger partial charge in [0.05, 0.1) is 6.33 Å². The second-order valence-electron chi connectivity index (χ2n) is 3.87. The first-order valence-corrected chi connectivity index (χ1v) is 6.71.